The first kappa shape index (κ1) is 23.8. The van der Waals surface area contributed by atoms with Crippen molar-refractivity contribution in [1.29, 1.82) is 0 Å². The van der Waals surface area contributed by atoms with Crippen molar-refractivity contribution in [3.8, 4) is 0 Å². The number of rotatable bonds is 13. The predicted molar refractivity (Wildman–Crippen MR) is 109 cm³/mol. The van der Waals surface area contributed by atoms with Crippen molar-refractivity contribution < 1.29 is 29.3 Å². The van der Waals surface area contributed by atoms with E-state index in [1.807, 2.05) is 0 Å². The van der Waals surface area contributed by atoms with Crippen LogP contribution in [0.2, 0.25) is 0 Å². The fourth-order valence-corrected chi connectivity index (χ4v) is 3.89. The standard InChI is InChI=1S/C21H36N2O6/c24-20(25)18(6-3-1-2-4-8-22-10-14-28-15-11-22)19(21(26)27)7-5-9-23-12-16-29-17-13-23/h1-17H2,(H,24,25)(H,26,27)/b19-18+. The highest BCUT2D eigenvalue weighted by Crippen LogP contribution is 2.20. The molecule has 0 aromatic carbocycles. The Bertz CT molecular complexity index is 539. The second-order valence-electron chi connectivity index (χ2n) is 7.74. The first-order chi connectivity index (χ1) is 14.1. The van der Waals surface area contributed by atoms with Crippen molar-refractivity contribution in [2.75, 3.05) is 65.7 Å². The molecule has 8 nitrogen and oxygen atoms in total. The number of aliphatic carboxylic acids is 2. The summed E-state index contributed by atoms with van der Waals surface area (Å²) in [6.45, 7) is 8.50. The van der Waals surface area contributed by atoms with Crippen LogP contribution in [0.5, 0.6) is 0 Å². The van der Waals surface area contributed by atoms with Gasteiger partial charge in [-0.2, -0.15) is 0 Å². The highest BCUT2D eigenvalue weighted by Gasteiger charge is 2.20. The van der Waals surface area contributed by atoms with Crippen molar-refractivity contribution in [2.45, 2.75) is 44.9 Å². The van der Waals surface area contributed by atoms with Gasteiger partial charge in [-0.1, -0.05) is 12.8 Å². The largest absolute Gasteiger partial charge is 0.478 e. The molecule has 8 heteroatoms. The Balaban J connectivity index is 1.72. The van der Waals surface area contributed by atoms with Gasteiger partial charge in [0.1, 0.15) is 0 Å². The summed E-state index contributed by atoms with van der Waals surface area (Å²) in [7, 11) is 0. The maximum atomic E-state index is 11.7. The van der Waals surface area contributed by atoms with Gasteiger partial charge < -0.3 is 19.7 Å². The van der Waals surface area contributed by atoms with Gasteiger partial charge in [0.15, 0.2) is 0 Å². The van der Waals surface area contributed by atoms with Gasteiger partial charge in [0.05, 0.1) is 26.4 Å². The zero-order chi connectivity index (χ0) is 20.9. The van der Waals surface area contributed by atoms with Crippen LogP contribution in [0.15, 0.2) is 11.1 Å². The fourth-order valence-electron chi connectivity index (χ4n) is 3.89. The Morgan fingerprint density at radius 2 is 1.03 bits per heavy atom. The molecule has 0 spiro atoms. The number of morpholine rings is 2. The number of carboxylic acids is 2. The van der Waals surface area contributed by atoms with E-state index in [4.69, 9.17) is 9.47 Å². The fraction of sp³-hybridized carbons (Fsp3) is 0.810. The molecule has 0 bridgehead atoms. The SMILES string of the molecule is O=C(O)/C(CCCCCCN1CCOCC1)=C(\CCCN1CCOCC1)C(=O)O. The third-order valence-corrected chi connectivity index (χ3v) is 5.64. The van der Waals surface area contributed by atoms with Gasteiger partial charge in [0.2, 0.25) is 0 Å². The maximum Gasteiger partial charge on any atom is 0.332 e. The first-order valence-electron chi connectivity index (χ1n) is 10.9. The molecule has 0 amide bonds. The van der Waals surface area contributed by atoms with E-state index in [1.165, 1.54) is 0 Å². The van der Waals surface area contributed by atoms with Gasteiger partial charge in [0, 0.05) is 37.3 Å². The number of ether oxygens (including phenoxy) is 2. The Morgan fingerprint density at radius 3 is 1.52 bits per heavy atom. The second kappa shape index (κ2) is 13.7. The molecule has 0 aromatic heterocycles. The summed E-state index contributed by atoms with van der Waals surface area (Å²) in [5.74, 6) is -2.20. The summed E-state index contributed by atoms with van der Waals surface area (Å²) in [4.78, 5) is 28.0. The lowest BCUT2D eigenvalue weighted by molar-refractivity contribution is -0.136. The number of nitrogens with zero attached hydrogens (tertiary/aromatic N) is 2. The van der Waals surface area contributed by atoms with Crippen LogP contribution in [0.3, 0.4) is 0 Å². The lowest BCUT2D eigenvalue weighted by atomic mass is 9.97. The van der Waals surface area contributed by atoms with Crippen LogP contribution >= 0.6 is 0 Å². The van der Waals surface area contributed by atoms with E-state index in [0.717, 1.165) is 71.7 Å². The van der Waals surface area contributed by atoms with Crippen LogP contribution in [0.25, 0.3) is 0 Å². The normalized spacial score (nSPS) is 19.7. The second-order valence-corrected chi connectivity index (χ2v) is 7.74. The average molecular weight is 413 g/mol. The average Bonchev–Trinajstić information content (AvgIpc) is 2.72. The molecule has 0 atom stereocenters. The third kappa shape index (κ3) is 9.25. The smallest absolute Gasteiger partial charge is 0.332 e. The maximum absolute atomic E-state index is 11.7. The summed E-state index contributed by atoms with van der Waals surface area (Å²) in [6, 6.07) is 0. The van der Waals surface area contributed by atoms with Crippen LogP contribution in [0.1, 0.15) is 44.9 Å². The Kier molecular flexibility index (Phi) is 11.2. The number of hydrogen-bond donors (Lipinski definition) is 2. The summed E-state index contributed by atoms with van der Waals surface area (Å²) >= 11 is 0. The first-order valence-corrected chi connectivity index (χ1v) is 10.9. The molecule has 0 saturated carbocycles. The molecule has 29 heavy (non-hydrogen) atoms. The van der Waals surface area contributed by atoms with E-state index in [1.54, 1.807) is 0 Å². The highest BCUT2D eigenvalue weighted by atomic mass is 16.5. The zero-order valence-corrected chi connectivity index (χ0v) is 17.4. The summed E-state index contributed by atoms with van der Waals surface area (Å²) in [5, 5.41) is 19.1. The molecule has 0 aliphatic carbocycles. The minimum absolute atomic E-state index is 0.0686. The number of hydrogen-bond acceptors (Lipinski definition) is 6. The van der Waals surface area contributed by atoms with Gasteiger partial charge in [-0.3, -0.25) is 9.80 Å². The Hall–Kier alpha value is -1.48. The molecule has 0 aromatic rings. The molecule has 2 N–H and O–H groups in total. The van der Waals surface area contributed by atoms with E-state index >= 15 is 0 Å². The van der Waals surface area contributed by atoms with Crippen LogP contribution in [-0.2, 0) is 19.1 Å². The van der Waals surface area contributed by atoms with Crippen molar-refractivity contribution in [2.24, 2.45) is 0 Å². The highest BCUT2D eigenvalue weighted by molar-refractivity contribution is 5.98. The molecule has 0 radical (unpaired) electrons. The van der Waals surface area contributed by atoms with E-state index in [9.17, 15) is 19.8 Å². The quantitative estimate of drug-likeness (QED) is 0.349. The summed E-state index contributed by atoms with van der Waals surface area (Å²) < 4.78 is 10.6. The van der Waals surface area contributed by atoms with Gasteiger partial charge >= 0.3 is 11.9 Å². The van der Waals surface area contributed by atoms with Gasteiger partial charge in [-0.05, 0) is 45.2 Å². The van der Waals surface area contributed by atoms with Crippen molar-refractivity contribution in [3.05, 3.63) is 11.1 Å². The lowest BCUT2D eigenvalue weighted by Gasteiger charge is -2.26. The number of unbranched alkanes of at least 4 members (excludes halogenated alkanes) is 3. The van der Waals surface area contributed by atoms with Gasteiger partial charge in [-0.15, -0.1) is 0 Å². The van der Waals surface area contributed by atoms with Crippen molar-refractivity contribution in [1.82, 2.24) is 9.80 Å². The summed E-state index contributed by atoms with van der Waals surface area (Å²) in [6.07, 6.45) is 5.02. The van der Waals surface area contributed by atoms with Crippen molar-refractivity contribution in [3.63, 3.8) is 0 Å². The minimum atomic E-state index is -1.10. The molecule has 2 aliphatic rings. The van der Waals surface area contributed by atoms with Crippen LogP contribution in [0.4, 0.5) is 0 Å². The van der Waals surface area contributed by atoms with Gasteiger partial charge in [-0.25, -0.2) is 9.59 Å². The van der Waals surface area contributed by atoms with Crippen LogP contribution in [-0.4, -0.2) is 97.6 Å². The lowest BCUT2D eigenvalue weighted by Crippen LogP contribution is -2.36. The molecular formula is C21H36N2O6. The Labute approximate surface area is 173 Å². The molecule has 2 saturated heterocycles. The van der Waals surface area contributed by atoms with E-state index in [-0.39, 0.29) is 11.1 Å². The summed E-state index contributed by atoms with van der Waals surface area (Å²) in [5.41, 5.74) is 0.145. The van der Waals surface area contributed by atoms with E-state index in [2.05, 4.69) is 9.80 Å². The molecular weight excluding hydrogens is 376 g/mol. The van der Waals surface area contributed by atoms with Gasteiger partial charge in [0.25, 0.3) is 0 Å². The molecule has 2 aliphatic heterocycles. The number of carboxylic acid groups (broad SMARTS) is 2. The van der Waals surface area contributed by atoms with Crippen LogP contribution in [0, 0.1) is 0 Å². The van der Waals surface area contributed by atoms with E-state index in [0.29, 0.717) is 38.9 Å². The molecule has 0 unspecified atom stereocenters. The zero-order valence-electron chi connectivity index (χ0n) is 17.4. The molecule has 2 fully saturated rings. The van der Waals surface area contributed by atoms with Crippen molar-refractivity contribution >= 4 is 11.9 Å². The van der Waals surface area contributed by atoms with E-state index < -0.39 is 11.9 Å². The molecule has 166 valence electrons. The molecule has 2 rings (SSSR count). The topological polar surface area (TPSA) is 99.5 Å². The molecule has 2 heterocycles. The minimum Gasteiger partial charge on any atom is -0.478 e. The Morgan fingerprint density at radius 1 is 0.621 bits per heavy atom. The number of carbonyl (C=O) groups is 2. The van der Waals surface area contributed by atoms with Crippen LogP contribution < -0.4 is 0 Å². The predicted octanol–water partition coefficient (Wildman–Crippen LogP) is 1.85. The third-order valence-electron chi connectivity index (χ3n) is 5.64. The monoisotopic (exact) mass is 412 g/mol.